The van der Waals surface area contributed by atoms with Gasteiger partial charge in [-0.05, 0) is 35.7 Å². The van der Waals surface area contributed by atoms with E-state index in [1.807, 2.05) is 54.6 Å². The fraction of sp³-hybridized carbons (Fsp3) is 0.154. The van der Waals surface area contributed by atoms with E-state index in [1.54, 1.807) is 10.9 Å². The lowest BCUT2D eigenvalue weighted by atomic mass is 10.0. The average Bonchev–Trinajstić information content (AvgIpc) is 3.25. The van der Waals surface area contributed by atoms with Crippen LogP contribution in [0.15, 0.2) is 85.1 Å². The minimum Gasteiger partial charge on any atom is -0.352 e. The van der Waals surface area contributed by atoms with Crippen molar-refractivity contribution in [1.82, 2.24) is 15.1 Å². The molecule has 156 valence electrons. The largest absolute Gasteiger partial charge is 0.352 e. The summed E-state index contributed by atoms with van der Waals surface area (Å²) in [6.07, 6.45) is 3.59. The van der Waals surface area contributed by atoms with Gasteiger partial charge >= 0.3 is 0 Å². The SMILES string of the molecule is CCCCNC(=O)c1cnn(-c2cccc(Cl)c2)c1-c1ccc(-c2ccccc2)cc1. The number of benzene rings is 3. The van der Waals surface area contributed by atoms with Crippen molar-refractivity contribution >= 4 is 17.5 Å². The molecule has 1 heterocycles. The molecular weight excluding hydrogens is 406 g/mol. The number of carbonyl (C=O) groups is 1. The number of nitrogens with one attached hydrogen (secondary N) is 1. The van der Waals surface area contributed by atoms with E-state index < -0.39 is 0 Å². The molecule has 1 amide bonds. The maximum absolute atomic E-state index is 12.9. The molecule has 3 aromatic carbocycles. The van der Waals surface area contributed by atoms with Crippen molar-refractivity contribution in [2.45, 2.75) is 19.8 Å². The molecule has 0 aliphatic rings. The zero-order chi connectivity index (χ0) is 21.6. The van der Waals surface area contributed by atoms with Gasteiger partial charge in [0.25, 0.3) is 5.91 Å². The quantitative estimate of drug-likeness (QED) is 0.346. The van der Waals surface area contributed by atoms with E-state index in [2.05, 4.69) is 41.6 Å². The molecule has 0 fully saturated rings. The smallest absolute Gasteiger partial charge is 0.255 e. The van der Waals surface area contributed by atoms with E-state index in [9.17, 15) is 4.79 Å². The van der Waals surface area contributed by atoms with Crippen LogP contribution in [-0.2, 0) is 0 Å². The van der Waals surface area contributed by atoms with Crippen LogP contribution in [0.25, 0.3) is 28.1 Å². The van der Waals surface area contributed by atoms with Crippen molar-refractivity contribution < 1.29 is 4.79 Å². The number of halogens is 1. The van der Waals surface area contributed by atoms with Gasteiger partial charge in [0.15, 0.2) is 0 Å². The van der Waals surface area contributed by atoms with Crippen molar-refractivity contribution in [3.8, 4) is 28.1 Å². The van der Waals surface area contributed by atoms with E-state index in [-0.39, 0.29) is 5.91 Å². The van der Waals surface area contributed by atoms with E-state index >= 15 is 0 Å². The molecule has 0 unspecified atom stereocenters. The van der Waals surface area contributed by atoms with Crippen molar-refractivity contribution in [2.24, 2.45) is 0 Å². The predicted octanol–water partition coefficient (Wildman–Crippen LogP) is 6.39. The maximum Gasteiger partial charge on any atom is 0.255 e. The minimum atomic E-state index is -0.121. The Morgan fingerprint density at radius 3 is 2.35 bits per heavy atom. The average molecular weight is 430 g/mol. The van der Waals surface area contributed by atoms with E-state index in [0.29, 0.717) is 17.1 Å². The van der Waals surface area contributed by atoms with Crippen LogP contribution in [0, 0.1) is 0 Å². The van der Waals surface area contributed by atoms with Gasteiger partial charge in [0, 0.05) is 17.1 Å². The number of rotatable bonds is 7. The molecule has 31 heavy (non-hydrogen) atoms. The van der Waals surface area contributed by atoms with E-state index in [1.165, 1.54) is 0 Å². The third-order valence-electron chi connectivity index (χ3n) is 5.15. The number of nitrogens with zero attached hydrogens (tertiary/aromatic N) is 2. The highest BCUT2D eigenvalue weighted by atomic mass is 35.5. The number of unbranched alkanes of at least 4 members (excludes halogenated alkanes) is 1. The molecule has 4 nitrogen and oxygen atoms in total. The van der Waals surface area contributed by atoms with E-state index in [0.717, 1.165) is 40.9 Å². The molecule has 0 aliphatic carbocycles. The fourth-order valence-corrected chi connectivity index (χ4v) is 3.71. The second kappa shape index (κ2) is 9.63. The highest BCUT2D eigenvalue weighted by Gasteiger charge is 2.20. The molecule has 0 bridgehead atoms. The lowest BCUT2D eigenvalue weighted by molar-refractivity contribution is 0.0954. The van der Waals surface area contributed by atoms with Crippen molar-refractivity contribution in [3.63, 3.8) is 0 Å². The second-order valence-electron chi connectivity index (χ2n) is 7.35. The van der Waals surface area contributed by atoms with Gasteiger partial charge in [-0.2, -0.15) is 5.10 Å². The highest BCUT2D eigenvalue weighted by Crippen LogP contribution is 2.30. The topological polar surface area (TPSA) is 46.9 Å². The van der Waals surface area contributed by atoms with Crippen LogP contribution in [0.3, 0.4) is 0 Å². The Bertz CT molecular complexity index is 1170. The van der Waals surface area contributed by atoms with Gasteiger partial charge in [-0.25, -0.2) is 4.68 Å². The predicted molar refractivity (Wildman–Crippen MR) is 127 cm³/mol. The first-order chi connectivity index (χ1) is 15.2. The molecule has 0 saturated heterocycles. The molecule has 1 aromatic heterocycles. The first-order valence-electron chi connectivity index (χ1n) is 10.5. The lowest BCUT2D eigenvalue weighted by Crippen LogP contribution is -2.24. The van der Waals surface area contributed by atoms with Crippen LogP contribution in [0.1, 0.15) is 30.1 Å². The summed E-state index contributed by atoms with van der Waals surface area (Å²) in [5, 5.41) is 8.15. The number of amides is 1. The van der Waals surface area contributed by atoms with Crippen LogP contribution < -0.4 is 5.32 Å². The Morgan fingerprint density at radius 2 is 1.65 bits per heavy atom. The Balaban J connectivity index is 1.76. The summed E-state index contributed by atoms with van der Waals surface area (Å²) >= 11 is 6.22. The molecule has 5 heteroatoms. The van der Waals surface area contributed by atoms with Gasteiger partial charge in [-0.15, -0.1) is 0 Å². The molecule has 4 aromatic rings. The standard InChI is InChI=1S/C26H24ClN3O/c1-2-3-16-28-26(31)24-18-29-30(23-11-7-10-22(27)17-23)25(24)21-14-12-20(13-15-21)19-8-5-4-6-9-19/h4-15,17-18H,2-3,16H2,1H3,(H,28,31). The van der Waals surface area contributed by atoms with Gasteiger partial charge in [-0.3, -0.25) is 4.79 Å². The van der Waals surface area contributed by atoms with Gasteiger partial charge in [0.1, 0.15) is 0 Å². The van der Waals surface area contributed by atoms with Crippen molar-refractivity contribution in [2.75, 3.05) is 6.54 Å². The van der Waals surface area contributed by atoms with Gasteiger partial charge in [-0.1, -0.05) is 85.6 Å². The Labute approximate surface area is 187 Å². The summed E-state index contributed by atoms with van der Waals surface area (Å²) in [5.74, 6) is -0.121. The third kappa shape index (κ3) is 4.70. The molecule has 0 atom stereocenters. The maximum atomic E-state index is 12.9. The Kier molecular flexibility index (Phi) is 6.48. The molecule has 1 N–H and O–H groups in total. The summed E-state index contributed by atoms with van der Waals surface area (Å²) in [5.41, 5.74) is 5.28. The Morgan fingerprint density at radius 1 is 0.935 bits per heavy atom. The minimum absolute atomic E-state index is 0.121. The number of carbonyl (C=O) groups excluding carboxylic acids is 1. The zero-order valence-electron chi connectivity index (χ0n) is 17.4. The summed E-state index contributed by atoms with van der Waals surface area (Å²) in [6, 6.07) is 25.9. The van der Waals surface area contributed by atoms with Crippen molar-refractivity contribution in [1.29, 1.82) is 0 Å². The molecule has 0 radical (unpaired) electrons. The normalized spacial score (nSPS) is 10.8. The monoisotopic (exact) mass is 429 g/mol. The number of hydrogen-bond donors (Lipinski definition) is 1. The van der Waals surface area contributed by atoms with Crippen LogP contribution in [0.4, 0.5) is 0 Å². The first-order valence-corrected chi connectivity index (χ1v) is 10.8. The fourth-order valence-electron chi connectivity index (χ4n) is 3.52. The Hall–Kier alpha value is -3.37. The molecule has 0 aliphatic heterocycles. The molecule has 4 rings (SSSR count). The molecule has 0 saturated carbocycles. The van der Waals surface area contributed by atoms with Crippen LogP contribution in [0.5, 0.6) is 0 Å². The summed E-state index contributed by atoms with van der Waals surface area (Å²) in [6.45, 7) is 2.74. The van der Waals surface area contributed by atoms with Crippen LogP contribution in [0.2, 0.25) is 5.02 Å². The second-order valence-corrected chi connectivity index (χ2v) is 7.79. The van der Waals surface area contributed by atoms with Gasteiger partial charge in [0.2, 0.25) is 0 Å². The third-order valence-corrected chi connectivity index (χ3v) is 5.38. The van der Waals surface area contributed by atoms with Gasteiger partial charge < -0.3 is 5.32 Å². The number of hydrogen-bond acceptors (Lipinski definition) is 2. The summed E-state index contributed by atoms with van der Waals surface area (Å²) < 4.78 is 1.78. The zero-order valence-corrected chi connectivity index (χ0v) is 18.1. The van der Waals surface area contributed by atoms with Crippen molar-refractivity contribution in [3.05, 3.63) is 95.6 Å². The summed E-state index contributed by atoms with van der Waals surface area (Å²) in [4.78, 5) is 12.9. The van der Waals surface area contributed by atoms with Gasteiger partial charge in [0.05, 0.1) is 23.1 Å². The molecule has 0 spiro atoms. The van der Waals surface area contributed by atoms with Crippen LogP contribution in [-0.4, -0.2) is 22.2 Å². The summed E-state index contributed by atoms with van der Waals surface area (Å²) in [7, 11) is 0. The molecular formula is C26H24ClN3O. The van der Waals surface area contributed by atoms with Crippen LogP contribution >= 0.6 is 11.6 Å². The lowest BCUT2D eigenvalue weighted by Gasteiger charge is -2.12. The first kappa shape index (κ1) is 20.9. The van der Waals surface area contributed by atoms with E-state index in [4.69, 9.17) is 11.6 Å². The number of aromatic nitrogens is 2. The highest BCUT2D eigenvalue weighted by molar-refractivity contribution is 6.30.